The van der Waals surface area contributed by atoms with Crippen LogP contribution in [-0.4, -0.2) is 33.0 Å². The molecule has 2 aromatic heterocycles. The van der Waals surface area contributed by atoms with E-state index >= 15 is 0 Å². The maximum atomic E-state index is 12.2. The lowest BCUT2D eigenvalue weighted by molar-refractivity contribution is 0.0977. The topological polar surface area (TPSA) is 101 Å². The number of hydrogen-bond donors (Lipinski definition) is 3. The van der Waals surface area contributed by atoms with Gasteiger partial charge in [0.15, 0.2) is 5.11 Å². The van der Waals surface area contributed by atoms with Crippen molar-refractivity contribution in [2.45, 2.75) is 0 Å². The number of aromatic nitrogens is 3. The van der Waals surface area contributed by atoms with Crippen LogP contribution in [-0.2, 0) is 0 Å². The van der Waals surface area contributed by atoms with Gasteiger partial charge in [0.25, 0.3) is 5.91 Å². The second-order valence-corrected chi connectivity index (χ2v) is 7.18. The lowest BCUT2D eigenvalue weighted by Gasteiger charge is -2.12. The monoisotopic (exact) mass is 456 g/mol. The molecule has 0 aliphatic heterocycles. The molecule has 33 heavy (non-hydrogen) atoms. The summed E-state index contributed by atoms with van der Waals surface area (Å²) in [6.07, 6.45) is 3.33. The average molecular weight is 457 g/mol. The number of benzene rings is 2. The zero-order chi connectivity index (χ0) is 23.0. The van der Waals surface area contributed by atoms with E-state index in [0.29, 0.717) is 34.5 Å². The molecule has 0 saturated carbocycles. The number of nitrogens with one attached hydrogen (secondary N) is 3. The van der Waals surface area contributed by atoms with Gasteiger partial charge in [-0.25, -0.2) is 15.0 Å². The normalized spacial score (nSPS) is 10.2. The highest BCUT2D eigenvalue weighted by atomic mass is 32.1. The Kier molecular flexibility index (Phi) is 6.81. The first kappa shape index (κ1) is 21.8. The third-order valence-corrected chi connectivity index (χ3v) is 4.72. The predicted octanol–water partition coefficient (Wildman–Crippen LogP) is 4.50. The molecule has 0 radical (unpaired) electrons. The minimum atomic E-state index is -0.276. The molecule has 164 valence electrons. The van der Waals surface area contributed by atoms with E-state index < -0.39 is 0 Å². The van der Waals surface area contributed by atoms with Crippen molar-refractivity contribution in [1.29, 1.82) is 0 Å². The van der Waals surface area contributed by atoms with Gasteiger partial charge in [-0.1, -0.05) is 18.2 Å². The van der Waals surface area contributed by atoms with Crippen LogP contribution in [0.25, 0.3) is 11.3 Å². The molecule has 0 saturated heterocycles. The summed E-state index contributed by atoms with van der Waals surface area (Å²) in [6, 6.07) is 21.5. The van der Waals surface area contributed by atoms with E-state index in [4.69, 9.17) is 17.0 Å². The summed E-state index contributed by atoms with van der Waals surface area (Å²) in [4.78, 5) is 25.2. The molecule has 4 rings (SSSR count). The Morgan fingerprint density at radius 3 is 2.45 bits per heavy atom. The molecule has 3 N–H and O–H groups in total. The highest BCUT2D eigenvalue weighted by Crippen LogP contribution is 2.30. The van der Waals surface area contributed by atoms with Gasteiger partial charge < -0.3 is 15.4 Å². The Morgan fingerprint density at radius 2 is 1.70 bits per heavy atom. The van der Waals surface area contributed by atoms with Crippen LogP contribution < -0.4 is 20.7 Å². The molecule has 0 spiro atoms. The molecule has 9 heteroatoms. The molecular weight excluding hydrogens is 436 g/mol. The molecule has 0 unspecified atom stereocenters. The van der Waals surface area contributed by atoms with E-state index in [0.717, 1.165) is 5.56 Å². The standard InChI is InChI=1S/C24H20N6O2S/c1-25-23-27-15-13-20(29-23)19-8-5-14-26-22(19)32-18-11-9-17(10-12-18)28-24(33)30-21(31)16-6-3-2-4-7-16/h2-15H,1H3,(H,25,27,29)(H2,28,30,31,33). The number of carbonyl (C=O) groups is 1. The highest BCUT2D eigenvalue weighted by Gasteiger charge is 2.11. The van der Waals surface area contributed by atoms with Crippen molar-refractivity contribution in [3.8, 4) is 22.9 Å². The van der Waals surface area contributed by atoms with Crippen LogP contribution in [0.3, 0.4) is 0 Å². The molecule has 0 aliphatic carbocycles. The fourth-order valence-corrected chi connectivity index (χ4v) is 3.15. The summed E-state index contributed by atoms with van der Waals surface area (Å²) >= 11 is 5.24. The third-order valence-electron chi connectivity index (χ3n) is 4.52. The van der Waals surface area contributed by atoms with Gasteiger partial charge in [-0.05, 0) is 66.8 Å². The van der Waals surface area contributed by atoms with E-state index in [1.165, 1.54) is 0 Å². The van der Waals surface area contributed by atoms with Gasteiger partial charge in [0.05, 0.1) is 11.3 Å². The smallest absolute Gasteiger partial charge is 0.257 e. The van der Waals surface area contributed by atoms with E-state index in [-0.39, 0.29) is 11.0 Å². The summed E-state index contributed by atoms with van der Waals surface area (Å²) in [6.45, 7) is 0. The quantitative estimate of drug-likeness (QED) is 0.365. The van der Waals surface area contributed by atoms with Crippen molar-refractivity contribution >= 4 is 34.9 Å². The molecule has 1 amide bonds. The second-order valence-electron chi connectivity index (χ2n) is 6.77. The van der Waals surface area contributed by atoms with E-state index in [2.05, 4.69) is 30.9 Å². The maximum absolute atomic E-state index is 12.2. The average Bonchev–Trinajstić information content (AvgIpc) is 2.86. The van der Waals surface area contributed by atoms with Crippen LogP contribution in [0.4, 0.5) is 11.6 Å². The lowest BCUT2D eigenvalue weighted by atomic mass is 10.2. The zero-order valence-corrected chi connectivity index (χ0v) is 18.5. The summed E-state index contributed by atoms with van der Waals surface area (Å²) < 4.78 is 6.00. The summed E-state index contributed by atoms with van der Waals surface area (Å²) in [5, 5.41) is 8.77. The third kappa shape index (κ3) is 5.66. The van der Waals surface area contributed by atoms with Crippen LogP contribution in [0, 0.1) is 0 Å². The molecule has 0 fully saturated rings. The van der Waals surface area contributed by atoms with Crippen LogP contribution in [0.1, 0.15) is 10.4 Å². The van der Waals surface area contributed by atoms with Crippen molar-refractivity contribution in [3.05, 3.63) is 90.8 Å². The van der Waals surface area contributed by atoms with E-state index in [1.54, 1.807) is 74.0 Å². The Balaban J connectivity index is 1.42. The van der Waals surface area contributed by atoms with Gasteiger partial charge in [0, 0.05) is 30.7 Å². The first-order valence-corrected chi connectivity index (χ1v) is 10.4. The minimum Gasteiger partial charge on any atom is -0.438 e. The fourth-order valence-electron chi connectivity index (χ4n) is 2.94. The van der Waals surface area contributed by atoms with Gasteiger partial charge in [-0.2, -0.15) is 0 Å². The van der Waals surface area contributed by atoms with E-state index in [9.17, 15) is 4.79 Å². The Labute approximate surface area is 196 Å². The first-order valence-electron chi connectivity index (χ1n) is 10.0. The Bertz CT molecular complexity index is 1270. The van der Waals surface area contributed by atoms with Crippen molar-refractivity contribution in [1.82, 2.24) is 20.3 Å². The number of ether oxygens (including phenoxy) is 1. The molecular formula is C24H20N6O2S. The Hall–Kier alpha value is -4.37. The van der Waals surface area contributed by atoms with Crippen molar-refractivity contribution < 1.29 is 9.53 Å². The van der Waals surface area contributed by atoms with Crippen molar-refractivity contribution in [2.75, 3.05) is 17.7 Å². The minimum absolute atomic E-state index is 0.202. The summed E-state index contributed by atoms with van der Waals surface area (Å²) in [7, 11) is 1.76. The number of thiocarbonyl (C=S) groups is 1. The number of hydrogen-bond acceptors (Lipinski definition) is 7. The van der Waals surface area contributed by atoms with Crippen LogP contribution >= 0.6 is 12.2 Å². The number of nitrogens with zero attached hydrogens (tertiary/aromatic N) is 3. The van der Waals surface area contributed by atoms with Gasteiger partial charge in [-0.15, -0.1) is 0 Å². The number of anilines is 2. The van der Waals surface area contributed by atoms with Crippen LogP contribution in [0.2, 0.25) is 0 Å². The van der Waals surface area contributed by atoms with Crippen LogP contribution in [0.5, 0.6) is 11.6 Å². The molecule has 8 nitrogen and oxygen atoms in total. The predicted molar refractivity (Wildman–Crippen MR) is 131 cm³/mol. The van der Waals surface area contributed by atoms with E-state index in [1.807, 2.05) is 18.2 Å². The zero-order valence-electron chi connectivity index (χ0n) is 17.6. The van der Waals surface area contributed by atoms with Crippen molar-refractivity contribution in [2.24, 2.45) is 0 Å². The number of amides is 1. The molecule has 2 aromatic carbocycles. The van der Waals surface area contributed by atoms with Gasteiger partial charge in [0.2, 0.25) is 11.8 Å². The van der Waals surface area contributed by atoms with Crippen molar-refractivity contribution in [3.63, 3.8) is 0 Å². The fraction of sp³-hybridized carbons (Fsp3) is 0.0417. The largest absolute Gasteiger partial charge is 0.438 e. The first-order chi connectivity index (χ1) is 16.1. The molecule has 4 aromatic rings. The number of pyridine rings is 1. The van der Waals surface area contributed by atoms with Crippen LogP contribution in [0.15, 0.2) is 85.2 Å². The molecule has 0 aliphatic rings. The maximum Gasteiger partial charge on any atom is 0.257 e. The molecule has 2 heterocycles. The lowest BCUT2D eigenvalue weighted by Crippen LogP contribution is -2.34. The van der Waals surface area contributed by atoms with Gasteiger partial charge >= 0.3 is 0 Å². The highest BCUT2D eigenvalue weighted by molar-refractivity contribution is 7.80. The molecule has 0 bridgehead atoms. The molecule has 0 atom stereocenters. The summed E-state index contributed by atoms with van der Waals surface area (Å²) in [5.74, 6) is 1.24. The van der Waals surface area contributed by atoms with Gasteiger partial charge in [-0.3, -0.25) is 10.1 Å². The Morgan fingerprint density at radius 1 is 0.909 bits per heavy atom. The summed E-state index contributed by atoms with van der Waals surface area (Å²) in [5.41, 5.74) is 2.66. The SMILES string of the molecule is CNc1nccc(-c2cccnc2Oc2ccc(NC(=S)NC(=O)c3ccccc3)cc2)n1. The number of carbonyl (C=O) groups excluding carboxylic acids is 1. The number of rotatable bonds is 6. The van der Waals surface area contributed by atoms with Gasteiger partial charge in [0.1, 0.15) is 5.75 Å². The second kappa shape index (κ2) is 10.3.